The van der Waals surface area contributed by atoms with Crippen LogP contribution in [0.5, 0.6) is 0 Å². The molecule has 0 amide bonds. The molecule has 0 aromatic heterocycles. The molecule has 0 saturated carbocycles. The first-order valence-electron chi connectivity index (χ1n) is 5.83. The SMILES string of the molecule is CCOC(=O)[C@H](CSc1ccccc1)CC(F)(F)F. The first-order chi connectivity index (χ1) is 8.92. The van der Waals surface area contributed by atoms with Crippen molar-refractivity contribution in [1.29, 1.82) is 0 Å². The first kappa shape index (κ1) is 15.9. The van der Waals surface area contributed by atoms with E-state index in [9.17, 15) is 18.0 Å². The van der Waals surface area contributed by atoms with Crippen LogP contribution in [-0.2, 0) is 9.53 Å². The molecule has 1 aromatic rings. The lowest BCUT2D eigenvalue weighted by Crippen LogP contribution is -2.26. The monoisotopic (exact) mass is 292 g/mol. The number of esters is 1. The van der Waals surface area contributed by atoms with Gasteiger partial charge in [-0.2, -0.15) is 13.2 Å². The van der Waals surface area contributed by atoms with Crippen LogP contribution in [-0.4, -0.2) is 24.5 Å². The third kappa shape index (κ3) is 6.52. The van der Waals surface area contributed by atoms with Gasteiger partial charge in [-0.25, -0.2) is 0 Å². The summed E-state index contributed by atoms with van der Waals surface area (Å²) in [4.78, 5) is 12.3. The van der Waals surface area contributed by atoms with E-state index >= 15 is 0 Å². The first-order valence-corrected chi connectivity index (χ1v) is 6.82. The highest BCUT2D eigenvalue weighted by Crippen LogP contribution is 2.30. The maximum absolute atomic E-state index is 12.4. The van der Waals surface area contributed by atoms with Crippen molar-refractivity contribution >= 4 is 17.7 Å². The second kappa shape index (κ2) is 7.43. The van der Waals surface area contributed by atoms with Gasteiger partial charge in [-0.1, -0.05) is 18.2 Å². The predicted molar refractivity (Wildman–Crippen MR) is 68.0 cm³/mol. The van der Waals surface area contributed by atoms with Crippen molar-refractivity contribution in [2.24, 2.45) is 5.92 Å². The second-order valence-corrected chi connectivity index (χ2v) is 4.99. The van der Waals surface area contributed by atoms with Gasteiger partial charge in [0.25, 0.3) is 0 Å². The summed E-state index contributed by atoms with van der Waals surface area (Å²) in [6.45, 7) is 1.66. The molecule has 0 aliphatic rings. The van der Waals surface area contributed by atoms with Crippen LogP contribution in [0.1, 0.15) is 13.3 Å². The van der Waals surface area contributed by atoms with E-state index in [0.717, 1.165) is 4.90 Å². The fourth-order valence-electron chi connectivity index (χ4n) is 1.46. The molecule has 0 bridgehead atoms. The van der Waals surface area contributed by atoms with Crippen LogP contribution in [0.2, 0.25) is 0 Å². The van der Waals surface area contributed by atoms with Crippen LogP contribution >= 0.6 is 11.8 Å². The van der Waals surface area contributed by atoms with Crippen LogP contribution in [0, 0.1) is 5.92 Å². The van der Waals surface area contributed by atoms with E-state index < -0.39 is 24.5 Å². The fraction of sp³-hybridized carbons (Fsp3) is 0.462. The van der Waals surface area contributed by atoms with Gasteiger partial charge in [0.15, 0.2) is 0 Å². The molecule has 0 N–H and O–H groups in total. The number of ether oxygens (including phenoxy) is 1. The Kier molecular flexibility index (Phi) is 6.21. The fourth-order valence-corrected chi connectivity index (χ4v) is 2.46. The average Bonchev–Trinajstić information content (AvgIpc) is 2.34. The van der Waals surface area contributed by atoms with Crippen LogP contribution < -0.4 is 0 Å². The molecule has 0 aliphatic carbocycles. The Labute approximate surface area is 114 Å². The summed E-state index contributed by atoms with van der Waals surface area (Å²) in [6, 6.07) is 9.00. The maximum Gasteiger partial charge on any atom is 0.389 e. The van der Waals surface area contributed by atoms with Gasteiger partial charge in [0.1, 0.15) is 0 Å². The minimum Gasteiger partial charge on any atom is -0.466 e. The Balaban J connectivity index is 2.61. The summed E-state index contributed by atoms with van der Waals surface area (Å²) < 4.78 is 41.9. The minimum absolute atomic E-state index is 0.0579. The van der Waals surface area contributed by atoms with Crippen LogP contribution in [0.25, 0.3) is 0 Å². The molecular weight excluding hydrogens is 277 g/mol. The quantitative estimate of drug-likeness (QED) is 0.587. The van der Waals surface area contributed by atoms with Gasteiger partial charge in [0.05, 0.1) is 18.9 Å². The Morgan fingerprint density at radius 2 is 1.95 bits per heavy atom. The zero-order valence-corrected chi connectivity index (χ0v) is 11.3. The molecule has 19 heavy (non-hydrogen) atoms. The number of benzene rings is 1. The smallest absolute Gasteiger partial charge is 0.389 e. The summed E-state index contributed by atoms with van der Waals surface area (Å²) in [5.74, 6) is -1.89. The topological polar surface area (TPSA) is 26.3 Å². The minimum atomic E-state index is -4.37. The third-order valence-corrected chi connectivity index (χ3v) is 3.47. The van der Waals surface area contributed by atoms with Gasteiger partial charge in [0, 0.05) is 10.6 Å². The Bertz CT molecular complexity index is 393. The Hall–Kier alpha value is -1.17. The number of carbonyl (C=O) groups excluding carboxylic acids is 1. The second-order valence-electron chi connectivity index (χ2n) is 3.89. The van der Waals surface area contributed by atoms with Crippen molar-refractivity contribution in [3.8, 4) is 0 Å². The Morgan fingerprint density at radius 3 is 2.47 bits per heavy atom. The molecule has 0 unspecified atom stereocenters. The number of alkyl halides is 3. The van der Waals surface area contributed by atoms with E-state index in [1.54, 1.807) is 31.2 Å². The molecule has 0 aliphatic heterocycles. The van der Waals surface area contributed by atoms with E-state index in [4.69, 9.17) is 0 Å². The summed E-state index contributed by atoms with van der Waals surface area (Å²) >= 11 is 1.22. The summed E-state index contributed by atoms with van der Waals surface area (Å²) in [5, 5.41) is 0. The van der Waals surface area contributed by atoms with Crippen LogP contribution in [0.15, 0.2) is 35.2 Å². The highest BCUT2D eigenvalue weighted by Gasteiger charge is 2.36. The van der Waals surface area contributed by atoms with Gasteiger partial charge < -0.3 is 4.74 Å². The van der Waals surface area contributed by atoms with Crippen molar-refractivity contribution in [2.75, 3.05) is 12.4 Å². The normalized spacial score (nSPS) is 13.1. The van der Waals surface area contributed by atoms with E-state index in [1.165, 1.54) is 11.8 Å². The Morgan fingerprint density at radius 1 is 1.32 bits per heavy atom. The number of carbonyl (C=O) groups is 1. The number of hydrogen-bond acceptors (Lipinski definition) is 3. The lowest BCUT2D eigenvalue weighted by Gasteiger charge is -2.16. The van der Waals surface area contributed by atoms with Crippen LogP contribution in [0.3, 0.4) is 0 Å². The zero-order valence-electron chi connectivity index (χ0n) is 10.4. The van der Waals surface area contributed by atoms with Crippen molar-refractivity contribution in [3.63, 3.8) is 0 Å². The molecular formula is C13H15F3O2S. The van der Waals surface area contributed by atoms with Crippen molar-refractivity contribution in [3.05, 3.63) is 30.3 Å². The molecule has 0 fully saturated rings. The number of rotatable bonds is 6. The standard InChI is InChI=1S/C13H15F3O2S/c1-2-18-12(17)10(8-13(14,15)16)9-19-11-6-4-3-5-7-11/h3-7,10H,2,8-9H2,1H3/t10-/m0/s1. The molecule has 0 heterocycles. The molecule has 0 radical (unpaired) electrons. The van der Waals surface area contributed by atoms with Gasteiger partial charge in [-0.3, -0.25) is 4.79 Å². The summed E-state index contributed by atoms with van der Waals surface area (Å²) in [6.07, 6.45) is -5.51. The van der Waals surface area contributed by atoms with Crippen LogP contribution in [0.4, 0.5) is 13.2 Å². The van der Waals surface area contributed by atoms with Gasteiger partial charge in [-0.15, -0.1) is 11.8 Å². The van der Waals surface area contributed by atoms with Crippen molar-refractivity contribution in [1.82, 2.24) is 0 Å². The lowest BCUT2D eigenvalue weighted by molar-refractivity contribution is -0.165. The van der Waals surface area contributed by atoms with Crippen molar-refractivity contribution in [2.45, 2.75) is 24.4 Å². The molecule has 1 rings (SSSR count). The number of thioether (sulfide) groups is 1. The van der Waals surface area contributed by atoms with Crippen molar-refractivity contribution < 1.29 is 22.7 Å². The molecule has 0 saturated heterocycles. The number of halogens is 3. The van der Waals surface area contributed by atoms with E-state index in [0.29, 0.717) is 0 Å². The van der Waals surface area contributed by atoms with E-state index in [1.807, 2.05) is 6.07 Å². The largest absolute Gasteiger partial charge is 0.466 e. The average molecular weight is 292 g/mol. The highest BCUT2D eigenvalue weighted by molar-refractivity contribution is 7.99. The van der Waals surface area contributed by atoms with Gasteiger partial charge >= 0.3 is 12.1 Å². The molecule has 1 atom stereocenters. The van der Waals surface area contributed by atoms with E-state index in [-0.39, 0.29) is 12.4 Å². The summed E-state index contributed by atoms with van der Waals surface area (Å²) in [7, 11) is 0. The van der Waals surface area contributed by atoms with Gasteiger partial charge in [-0.05, 0) is 19.1 Å². The number of hydrogen-bond donors (Lipinski definition) is 0. The third-order valence-electron chi connectivity index (χ3n) is 2.29. The summed E-state index contributed by atoms with van der Waals surface area (Å²) in [5.41, 5.74) is 0. The molecule has 6 heteroatoms. The molecule has 0 spiro atoms. The lowest BCUT2D eigenvalue weighted by atomic mass is 10.1. The molecule has 106 valence electrons. The zero-order chi connectivity index (χ0) is 14.3. The molecule has 1 aromatic carbocycles. The highest BCUT2D eigenvalue weighted by atomic mass is 32.2. The molecule has 2 nitrogen and oxygen atoms in total. The predicted octanol–water partition coefficient (Wildman–Crippen LogP) is 3.91. The maximum atomic E-state index is 12.4. The van der Waals surface area contributed by atoms with E-state index in [2.05, 4.69) is 4.74 Å². The van der Waals surface area contributed by atoms with Gasteiger partial charge in [0.2, 0.25) is 0 Å².